The van der Waals surface area contributed by atoms with Gasteiger partial charge in [-0.2, -0.15) is 0 Å². The number of ether oxygens (including phenoxy) is 1. The molecule has 0 aliphatic heterocycles. The normalized spacial score (nSPS) is 26.6. The summed E-state index contributed by atoms with van der Waals surface area (Å²) in [5.74, 6) is -6.32. The Morgan fingerprint density at radius 3 is 1.73 bits per heavy atom. The molecule has 10 heteroatoms. The summed E-state index contributed by atoms with van der Waals surface area (Å²) in [6.07, 6.45) is 3.69. The number of carboxylic acid groups (broad SMARTS) is 3. The van der Waals surface area contributed by atoms with Crippen LogP contribution in [0.5, 0.6) is 0 Å². The van der Waals surface area contributed by atoms with Gasteiger partial charge in [0.1, 0.15) is 6.10 Å². The number of aliphatic carboxylic acids is 3. The molecule has 4 N–H and O–H groups in total. The van der Waals surface area contributed by atoms with E-state index >= 15 is 0 Å². The molecular weight excluding hydrogens is 398 g/mol. The van der Waals surface area contributed by atoms with E-state index in [1.165, 1.54) is 12.8 Å². The quantitative estimate of drug-likeness (QED) is 0.323. The van der Waals surface area contributed by atoms with E-state index < -0.39 is 23.5 Å². The molecule has 2 aliphatic rings. The molecule has 0 heterocycles. The number of hydrogen-bond acceptors (Lipinski definition) is 7. The van der Waals surface area contributed by atoms with E-state index in [0.29, 0.717) is 12.0 Å². The van der Waals surface area contributed by atoms with Gasteiger partial charge in [-0.15, -0.1) is 0 Å². The maximum Gasteiger partial charge on any atom is 0.359 e. The molecule has 0 radical (unpaired) electrons. The molecular formula is C20H33NO9. The second-order valence-electron chi connectivity index (χ2n) is 8.68. The van der Waals surface area contributed by atoms with Crippen LogP contribution in [0.15, 0.2) is 0 Å². The Hall–Kier alpha value is -2.20. The van der Waals surface area contributed by atoms with Crippen molar-refractivity contribution in [2.24, 2.45) is 16.7 Å². The van der Waals surface area contributed by atoms with Crippen molar-refractivity contribution in [3.05, 3.63) is 0 Å². The number of carbonyl (C=O) groups excluding carboxylic acids is 1. The van der Waals surface area contributed by atoms with Gasteiger partial charge in [-0.1, -0.05) is 34.6 Å². The van der Waals surface area contributed by atoms with Gasteiger partial charge in [-0.25, -0.2) is 14.4 Å². The van der Waals surface area contributed by atoms with Gasteiger partial charge in [0, 0.05) is 5.41 Å². The second-order valence-corrected chi connectivity index (χ2v) is 8.68. The van der Waals surface area contributed by atoms with Gasteiger partial charge in [-0.3, -0.25) is 9.69 Å². The number of nitrogens with zero attached hydrogens (tertiary/aromatic N) is 1. The molecule has 0 aromatic rings. The van der Waals surface area contributed by atoms with Gasteiger partial charge in [-0.05, 0) is 43.7 Å². The van der Waals surface area contributed by atoms with Crippen LogP contribution in [-0.2, 0) is 23.9 Å². The summed E-state index contributed by atoms with van der Waals surface area (Å²) in [5, 5.41) is 32.3. The minimum absolute atomic E-state index is 0.0433. The predicted octanol–water partition coefficient (Wildman–Crippen LogP) is 1.06. The third-order valence-electron chi connectivity index (χ3n) is 7.16. The Kier molecular flexibility index (Phi) is 8.01. The third kappa shape index (κ3) is 4.59. The summed E-state index contributed by atoms with van der Waals surface area (Å²) >= 11 is 0. The molecule has 10 nitrogen and oxygen atoms in total. The minimum atomic E-state index is -3.75. The molecule has 0 spiro atoms. The summed E-state index contributed by atoms with van der Waals surface area (Å²) in [6.45, 7) is 13.4. The summed E-state index contributed by atoms with van der Waals surface area (Å²) in [7, 11) is 0. The molecule has 0 amide bonds. The maximum atomic E-state index is 12.1. The summed E-state index contributed by atoms with van der Waals surface area (Å²) in [4.78, 5) is 43.9. The lowest BCUT2D eigenvalue weighted by Gasteiger charge is -2.38. The number of carboxylic acids is 3. The van der Waals surface area contributed by atoms with E-state index in [1.807, 2.05) is 0 Å². The van der Waals surface area contributed by atoms with E-state index in [2.05, 4.69) is 39.5 Å². The molecule has 172 valence electrons. The monoisotopic (exact) mass is 431 g/mol. The van der Waals surface area contributed by atoms with Gasteiger partial charge >= 0.3 is 29.5 Å². The van der Waals surface area contributed by atoms with Gasteiger partial charge in [0.25, 0.3) is 0 Å². The summed E-state index contributed by atoms with van der Waals surface area (Å²) in [5.41, 5.74) is -3.26. The smallest absolute Gasteiger partial charge is 0.359 e. The van der Waals surface area contributed by atoms with E-state index in [-0.39, 0.29) is 17.5 Å². The highest BCUT2D eigenvalue weighted by Gasteiger charge is 2.62. The van der Waals surface area contributed by atoms with Gasteiger partial charge in [0.05, 0.1) is 6.54 Å². The Balaban J connectivity index is 0.000000352. The lowest BCUT2D eigenvalue weighted by atomic mass is 9.70. The SMILES string of the molecule is CCN(CC)CC(=O)OC1CC2CCC1(C)C2(C)C.O=C(O)C(O)(C(=O)O)C(=O)O. The lowest BCUT2D eigenvalue weighted by molar-refractivity contribution is -0.186. The average molecular weight is 431 g/mol. The van der Waals surface area contributed by atoms with Crippen molar-refractivity contribution in [3.8, 4) is 0 Å². The van der Waals surface area contributed by atoms with E-state index in [4.69, 9.17) is 25.2 Å². The highest BCUT2D eigenvalue weighted by atomic mass is 16.5. The van der Waals surface area contributed by atoms with Crippen molar-refractivity contribution in [2.45, 2.75) is 65.6 Å². The Morgan fingerprint density at radius 1 is 1.00 bits per heavy atom. The third-order valence-corrected chi connectivity index (χ3v) is 7.16. The van der Waals surface area contributed by atoms with Crippen LogP contribution in [0.4, 0.5) is 0 Å². The van der Waals surface area contributed by atoms with Crippen LogP contribution in [0, 0.1) is 16.7 Å². The predicted molar refractivity (Wildman–Crippen MR) is 105 cm³/mol. The van der Waals surface area contributed by atoms with Crippen molar-refractivity contribution < 1.29 is 44.3 Å². The molecule has 0 aromatic carbocycles. The molecule has 30 heavy (non-hydrogen) atoms. The highest BCUT2D eigenvalue weighted by Crippen LogP contribution is 2.66. The number of hydrogen-bond donors (Lipinski definition) is 4. The Labute approximate surface area is 175 Å². The van der Waals surface area contributed by atoms with Crippen LogP contribution in [-0.4, -0.2) is 80.5 Å². The average Bonchev–Trinajstić information content (AvgIpc) is 2.98. The van der Waals surface area contributed by atoms with Crippen molar-refractivity contribution >= 4 is 23.9 Å². The topological polar surface area (TPSA) is 162 Å². The molecule has 0 saturated heterocycles. The van der Waals surface area contributed by atoms with E-state index in [9.17, 15) is 19.2 Å². The summed E-state index contributed by atoms with van der Waals surface area (Å²) < 4.78 is 5.84. The zero-order valence-electron chi connectivity index (χ0n) is 18.2. The fourth-order valence-electron chi connectivity index (χ4n) is 4.41. The fraction of sp³-hybridized carbons (Fsp3) is 0.800. The fourth-order valence-corrected chi connectivity index (χ4v) is 4.41. The van der Waals surface area contributed by atoms with Crippen molar-refractivity contribution in [2.75, 3.05) is 19.6 Å². The first-order valence-corrected chi connectivity index (χ1v) is 10.0. The summed E-state index contributed by atoms with van der Waals surface area (Å²) in [6, 6.07) is 0. The van der Waals surface area contributed by atoms with Gasteiger partial charge in [0.15, 0.2) is 0 Å². The number of rotatable bonds is 8. The first-order valence-electron chi connectivity index (χ1n) is 10.0. The number of likely N-dealkylation sites (N-methyl/N-ethyl adjacent to an activating group) is 1. The molecule has 0 aromatic heterocycles. The minimum Gasteiger partial charge on any atom is -0.478 e. The first-order chi connectivity index (χ1) is 13.7. The van der Waals surface area contributed by atoms with Crippen molar-refractivity contribution in [1.82, 2.24) is 4.90 Å². The van der Waals surface area contributed by atoms with Gasteiger partial charge < -0.3 is 25.2 Å². The number of fused-ring (bicyclic) bond motifs is 2. The van der Waals surface area contributed by atoms with Crippen LogP contribution >= 0.6 is 0 Å². The van der Waals surface area contributed by atoms with Crippen LogP contribution in [0.3, 0.4) is 0 Å². The molecule has 2 saturated carbocycles. The first kappa shape index (κ1) is 25.8. The molecule has 3 unspecified atom stereocenters. The molecule has 2 fully saturated rings. The number of aliphatic hydroxyl groups is 1. The zero-order valence-corrected chi connectivity index (χ0v) is 18.2. The second kappa shape index (κ2) is 9.30. The van der Waals surface area contributed by atoms with Crippen molar-refractivity contribution in [3.63, 3.8) is 0 Å². The Morgan fingerprint density at radius 2 is 1.47 bits per heavy atom. The standard InChI is InChI=1S/C16H29NO2.C4H4O7/c1-6-17(7-2)11-14(18)19-13-10-12-8-9-16(13,5)15(12,3)4;5-1(6)4(11,2(7)8)3(9)10/h12-13H,6-11H2,1-5H3;11H,(H,5,6)(H,7,8)(H,9,10). The van der Waals surface area contributed by atoms with Crippen LogP contribution < -0.4 is 0 Å². The zero-order chi connectivity index (χ0) is 23.5. The lowest BCUT2D eigenvalue weighted by Crippen LogP contribution is -2.53. The van der Waals surface area contributed by atoms with Crippen molar-refractivity contribution in [1.29, 1.82) is 0 Å². The maximum absolute atomic E-state index is 12.1. The number of carbonyl (C=O) groups is 4. The molecule has 2 bridgehead atoms. The molecule has 2 rings (SSSR count). The van der Waals surface area contributed by atoms with E-state index in [1.54, 1.807) is 0 Å². The highest BCUT2D eigenvalue weighted by molar-refractivity contribution is 6.19. The Bertz CT molecular complexity index is 650. The largest absolute Gasteiger partial charge is 0.478 e. The van der Waals surface area contributed by atoms with E-state index in [0.717, 1.165) is 25.4 Å². The number of esters is 1. The molecule has 3 atom stereocenters. The van der Waals surface area contributed by atoms with Crippen LogP contribution in [0.1, 0.15) is 53.9 Å². The van der Waals surface area contributed by atoms with Crippen LogP contribution in [0.2, 0.25) is 0 Å². The van der Waals surface area contributed by atoms with Crippen LogP contribution in [0.25, 0.3) is 0 Å². The molecule has 2 aliphatic carbocycles. The van der Waals surface area contributed by atoms with Gasteiger partial charge in [0.2, 0.25) is 0 Å².